The topological polar surface area (TPSA) is 160 Å². The molecule has 0 saturated heterocycles. The lowest BCUT2D eigenvalue weighted by atomic mass is 10.1. The molecule has 2 aromatic carbocycles. The zero-order chi connectivity index (χ0) is 39.7. The van der Waals surface area contributed by atoms with Crippen LogP contribution in [-0.4, -0.2) is 100 Å². The van der Waals surface area contributed by atoms with E-state index in [0.29, 0.717) is 90.8 Å². The second-order valence-corrected chi connectivity index (χ2v) is 17.6. The third-order valence-electron chi connectivity index (χ3n) is 8.20. The number of hydrogen-bond acceptors (Lipinski definition) is 11. The highest BCUT2D eigenvalue weighted by molar-refractivity contribution is 6.61. The van der Waals surface area contributed by atoms with E-state index in [-0.39, 0.29) is 30.3 Å². The summed E-state index contributed by atoms with van der Waals surface area (Å²) in [5.41, 5.74) is 2.70. The van der Waals surface area contributed by atoms with Gasteiger partial charge in [-0.25, -0.2) is 0 Å². The van der Waals surface area contributed by atoms with Crippen molar-refractivity contribution in [3.63, 3.8) is 0 Å². The largest absolute Gasteiger partial charge is 0.500 e. The number of rotatable bonds is 30. The predicted octanol–water partition coefficient (Wildman–Crippen LogP) is 6.46. The Morgan fingerprint density at radius 2 is 0.981 bits per heavy atom. The van der Waals surface area contributed by atoms with Crippen LogP contribution in [0, 0.1) is 10.1 Å². The summed E-state index contributed by atoms with van der Waals surface area (Å²) in [6.45, 7) is 16.3. The van der Waals surface area contributed by atoms with Gasteiger partial charge in [0.15, 0.2) is 0 Å². The second-order valence-electron chi connectivity index (χ2n) is 12.1. The number of amides is 2. The van der Waals surface area contributed by atoms with Gasteiger partial charge in [0, 0.05) is 109 Å². The summed E-state index contributed by atoms with van der Waals surface area (Å²) in [4.78, 5) is 38.5. The van der Waals surface area contributed by atoms with Crippen molar-refractivity contribution in [2.24, 2.45) is 0 Å². The summed E-state index contributed by atoms with van der Waals surface area (Å²) in [5, 5.41) is 17.0. The van der Waals surface area contributed by atoms with Gasteiger partial charge in [0.05, 0.1) is 4.92 Å². The van der Waals surface area contributed by atoms with Gasteiger partial charge in [0.1, 0.15) is 0 Å². The molecule has 302 valence electrons. The van der Waals surface area contributed by atoms with E-state index in [2.05, 4.69) is 10.6 Å². The molecule has 2 rings (SSSR count). The van der Waals surface area contributed by atoms with Crippen molar-refractivity contribution in [2.45, 2.75) is 79.3 Å². The molecule has 0 saturated carbocycles. The number of benzene rings is 2. The third kappa shape index (κ3) is 17.3. The van der Waals surface area contributed by atoms with Crippen molar-refractivity contribution in [2.75, 3.05) is 70.7 Å². The summed E-state index contributed by atoms with van der Waals surface area (Å²) < 4.78 is 35.6. The smallest absolute Gasteiger partial charge is 0.374 e. The molecule has 0 radical (unpaired) electrons. The second kappa shape index (κ2) is 26.3. The van der Waals surface area contributed by atoms with Gasteiger partial charge < -0.3 is 42.1 Å². The van der Waals surface area contributed by atoms with E-state index in [1.807, 2.05) is 82.9 Å². The standard InChI is InChI=1S/C38H62N4O10Si2/c1-7-47-53(48-8-2,49-9-3)31-13-27-39-37(43)25-29-41(30-26-38(44)40-28-14-32-54(50-10-4,51-11-5)52-12-6)35-21-17-33(18-22-35)15-16-34-19-23-36(24-20-34)42(45)46/h15-24H,7-14,25-32H2,1-6H3,(H,39,43)(H,40,44)/b16-15+. The monoisotopic (exact) mass is 790 g/mol. The number of carbonyl (C=O) groups excluding carboxylic acids is 2. The van der Waals surface area contributed by atoms with Crippen molar-refractivity contribution < 1.29 is 41.1 Å². The van der Waals surface area contributed by atoms with Gasteiger partial charge in [0.2, 0.25) is 11.8 Å². The molecule has 2 amide bonds. The van der Waals surface area contributed by atoms with Crippen LogP contribution in [0.5, 0.6) is 0 Å². The highest BCUT2D eigenvalue weighted by Gasteiger charge is 2.40. The van der Waals surface area contributed by atoms with Gasteiger partial charge >= 0.3 is 17.6 Å². The van der Waals surface area contributed by atoms with Gasteiger partial charge in [-0.15, -0.1) is 0 Å². The molecule has 0 aliphatic heterocycles. The molecule has 0 aliphatic rings. The lowest BCUT2D eigenvalue weighted by molar-refractivity contribution is -0.384. The number of carbonyl (C=O) groups is 2. The number of nitrogens with zero attached hydrogens (tertiary/aromatic N) is 2. The fourth-order valence-corrected chi connectivity index (χ4v) is 11.0. The molecule has 0 heterocycles. The summed E-state index contributed by atoms with van der Waals surface area (Å²) in [6.07, 6.45) is 5.63. The molecule has 0 spiro atoms. The molecule has 0 bridgehead atoms. The summed E-state index contributed by atoms with van der Waals surface area (Å²) >= 11 is 0. The molecule has 0 fully saturated rings. The maximum absolute atomic E-state index is 13.0. The minimum absolute atomic E-state index is 0.0424. The Morgan fingerprint density at radius 1 is 0.630 bits per heavy atom. The first-order chi connectivity index (χ1) is 26.1. The van der Waals surface area contributed by atoms with Crippen LogP contribution in [0.3, 0.4) is 0 Å². The number of nitro benzene ring substituents is 1. The highest BCUT2D eigenvalue weighted by atomic mass is 28.4. The van der Waals surface area contributed by atoms with Gasteiger partial charge in [0.25, 0.3) is 5.69 Å². The minimum Gasteiger partial charge on any atom is -0.374 e. The van der Waals surface area contributed by atoms with Crippen molar-refractivity contribution in [1.29, 1.82) is 0 Å². The van der Waals surface area contributed by atoms with Gasteiger partial charge in [-0.2, -0.15) is 0 Å². The quantitative estimate of drug-likeness (QED) is 0.0294. The van der Waals surface area contributed by atoms with Crippen molar-refractivity contribution in [3.05, 3.63) is 69.8 Å². The first-order valence-electron chi connectivity index (χ1n) is 19.2. The fraction of sp³-hybridized carbons (Fsp3) is 0.579. The van der Waals surface area contributed by atoms with E-state index in [0.717, 1.165) is 16.8 Å². The summed E-state index contributed by atoms with van der Waals surface area (Å²) in [6, 6.07) is 15.4. The maximum Gasteiger partial charge on any atom is 0.500 e. The molecule has 0 aromatic heterocycles. The number of nitrogens with one attached hydrogen (secondary N) is 2. The molecular formula is C38H62N4O10Si2. The maximum atomic E-state index is 13.0. The zero-order valence-corrected chi connectivity index (χ0v) is 35.1. The minimum atomic E-state index is -2.78. The Hall–Kier alpha value is -3.49. The lowest BCUT2D eigenvalue weighted by Crippen LogP contribution is -2.46. The van der Waals surface area contributed by atoms with Gasteiger partial charge in [-0.05, 0) is 89.8 Å². The van der Waals surface area contributed by atoms with Crippen LogP contribution >= 0.6 is 0 Å². The molecule has 0 aliphatic carbocycles. The van der Waals surface area contributed by atoms with Gasteiger partial charge in [-0.1, -0.05) is 24.3 Å². The lowest BCUT2D eigenvalue weighted by Gasteiger charge is -2.28. The highest BCUT2D eigenvalue weighted by Crippen LogP contribution is 2.21. The van der Waals surface area contributed by atoms with Gasteiger partial charge in [-0.3, -0.25) is 19.7 Å². The number of non-ortho nitro benzene ring substituents is 1. The van der Waals surface area contributed by atoms with Crippen molar-refractivity contribution >= 4 is 53.0 Å². The Balaban J connectivity index is 2.04. The Morgan fingerprint density at radius 3 is 1.31 bits per heavy atom. The van der Waals surface area contributed by atoms with Crippen LogP contribution in [0.4, 0.5) is 11.4 Å². The molecule has 2 aromatic rings. The molecule has 0 unspecified atom stereocenters. The van der Waals surface area contributed by atoms with E-state index in [4.69, 9.17) is 26.6 Å². The molecule has 16 heteroatoms. The Kier molecular flexibility index (Phi) is 22.8. The average Bonchev–Trinajstić information content (AvgIpc) is 3.15. The first kappa shape index (κ1) is 46.7. The molecule has 0 atom stereocenters. The number of nitro groups is 1. The predicted molar refractivity (Wildman–Crippen MR) is 216 cm³/mol. The van der Waals surface area contributed by atoms with Crippen LogP contribution in [0.15, 0.2) is 48.5 Å². The summed E-state index contributed by atoms with van der Waals surface area (Å²) in [5.74, 6) is -0.178. The van der Waals surface area contributed by atoms with Crippen LogP contribution in [0.2, 0.25) is 12.1 Å². The fourth-order valence-electron chi connectivity index (χ4n) is 5.78. The molecule has 54 heavy (non-hydrogen) atoms. The van der Waals surface area contributed by atoms with Crippen LogP contribution in [0.1, 0.15) is 78.4 Å². The van der Waals surface area contributed by atoms with Crippen LogP contribution in [-0.2, 0) is 36.1 Å². The molecule has 14 nitrogen and oxygen atoms in total. The van der Waals surface area contributed by atoms with E-state index in [1.54, 1.807) is 12.1 Å². The molecular weight excluding hydrogens is 729 g/mol. The van der Waals surface area contributed by atoms with E-state index in [9.17, 15) is 19.7 Å². The normalized spacial score (nSPS) is 11.9. The molecule has 2 N–H and O–H groups in total. The Labute approximate surface area is 323 Å². The summed E-state index contributed by atoms with van der Waals surface area (Å²) in [7, 11) is -5.57. The van der Waals surface area contributed by atoms with Crippen molar-refractivity contribution in [3.8, 4) is 0 Å². The first-order valence-corrected chi connectivity index (χ1v) is 23.1. The number of anilines is 1. The SMILES string of the molecule is CCO[Si](CCCNC(=O)CCN(CCC(=O)NCCC[Si](OCC)(OCC)OCC)c1ccc(/C=C/c2ccc([N+](=O)[O-])cc2)cc1)(OCC)OCC. The Bertz CT molecular complexity index is 1320. The van der Waals surface area contributed by atoms with E-state index in [1.165, 1.54) is 12.1 Å². The van der Waals surface area contributed by atoms with E-state index < -0.39 is 22.5 Å². The van der Waals surface area contributed by atoms with Crippen molar-refractivity contribution in [1.82, 2.24) is 10.6 Å². The van der Waals surface area contributed by atoms with Crippen LogP contribution in [0.25, 0.3) is 12.2 Å². The third-order valence-corrected chi connectivity index (χ3v) is 14.5. The van der Waals surface area contributed by atoms with E-state index >= 15 is 0 Å². The van der Waals surface area contributed by atoms with Crippen LogP contribution < -0.4 is 15.5 Å². The average molecular weight is 791 g/mol. The number of hydrogen-bond donors (Lipinski definition) is 2. The zero-order valence-electron chi connectivity index (χ0n) is 33.1.